The first-order valence-corrected chi connectivity index (χ1v) is 7.00. The first-order valence-electron chi connectivity index (χ1n) is 7.00. The summed E-state index contributed by atoms with van der Waals surface area (Å²) >= 11 is 0. The van der Waals surface area contributed by atoms with Gasteiger partial charge in [0.2, 0.25) is 0 Å². The van der Waals surface area contributed by atoms with Crippen molar-refractivity contribution < 1.29 is 14.3 Å². The lowest BCUT2D eigenvalue weighted by atomic mass is 10.1. The van der Waals surface area contributed by atoms with Crippen molar-refractivity contribution >= 4 is 11.8 Å². The van der Waals surface area contributed by atoms with Crippen LogP contribution in [-0.4, -0.2) is 67.9 Å². The Morgan fingerprint density at radius 1 is 1.26 bits per heavy atom. The number of likely N-dealkylation sites (N-methyl/N-ethyl adjacent to an activating group) is 1. The maximum atomic E-state index is 11.8. The summed E-state index contributed by atoms with van der Waals surface area (Å²) in [5.41, 5.74) is 0. The van der Waals surface area contributed by atoms with Crippen LogP contribution < -0.4 is 0 Å². The van der Waals surface area contributed by atoms with E-state index in [1.807, 2.05) is 0 Å². The largest absolute Gasteiger partial charge is 0.466 e. The van der Waals surface area contributed by atoms with Crippen molar-refractivity contribution in [1.82, 2.24) is 9.80 Å². The Morgan fingerprint density at radius 2 is 1.95 bits per heavy atom. The Labute approximate surface area is 115 Å². The predicted molar refractivity (Wildman–Crippen MR) is 74.0 cm³/mol. The van der Waals surface area contributed by atoms with Crippen LogP contribution in [0.3, 0.4) is 0 Å². The third kappa shape index (κ3) is 5.28. The maximum Gasteiger partial charge on any atom is 0.306 e. The van der Waals surface area contributed by atoms with Gasteiger partial charge in [-0.1, -0.05) is 6.92 Å². The molecule has 0 aliphatic carbocycles. The average molecular weight is 270 g/mol. The van der Waals surface area contributed by atoms with E-state index >= 15 is 0 Å². The van der Waals surface area contributed by atoms with Gasteiger partial charge in [0.25, 0.3) is 0 Å². The SMILES string of the molecule is CCOC(=O)CCC(=O)CN1CC(C)C(N(C)C)C1. The van der Waals surface area contributed by atoms with Crippen LogP contribution in [0.4, 0.5) is 0 Å². The van der Waals surface area contributed by atoms with Crippen LogP contribution in [0.5, 0.6) is 0 Å². The van der Waals surface area contributed by atoms with Gasteiger partial charge in [0, 0.05) is 25.6 Å². The number of ether oxygens (including phenoxy) is 1. The van der Waals surface area contributed by atoms with Crippen LogP contribution in [0.25, 0.3) is 0 Å². The normalized spacial score (nSPS) is 23.8. The van der Waals surface area contributed by atoms with Crippen molar-refractivity contribution in [1.29, 1.82) is 0 Å². The van der Waals surface area contributed by atoms with Gasteiger partial charge in [0.05, 0.1) is 19.6 Å². The van der Waals surface area contributed by atoms with Crippen molar-refractivity contribution in [2.45, 2.75) is 32.7 Å². The Bertz CT molecular complexity index is 318. The first kappa shape index (κ1) is 16.1. The van der Waals surface area contributed by atoms with E-state index in [9.17, 15) is 9.59 Å². The fourth-order valence-corrected chi connectivity index (χ4v) is 2.65. The Morgan fingerprint density at radius 3 is 2.47 bits per heavy atom. The molecule has 0 aromatic carbocycles. The van der Waals surface area contributed by atoms with Crippen molar-refractivity contribution in [2.24, 2.45) is 5.92 Å². The van der Waals surface area contributed by atoms with E-state index < -0.39 is 0 Å². The number of hydrogen-bond acceptors (Lipinski definition) is 5. The third-order valence-electron chi connectivity index (χ3n) is 3.62. The fraction of sp³-hybridized carbons (Fsp3) is 0.857. The molecule has 0 saturated carbocycles. The highest BCUT2D eigenvalue weighted by molar-refractivity contribution is 5.84. The molecule has 19 heavy (non-hydrogen) atoms. The van der Waals surface area contributed by atoms with Gasteiger partial charge < -0.3 is 9.64 Å². The molecule has 2 unspecified atom stereocenters. The molecule has 0 bridgehead atoms. The van der Waals surface area contributed by atoms with Gasteiger partial charge in [-0.3, -0.25) is 14.5 Å². The number of likely N-dealkylation sites (tertiary alicyclic amines) is 1. The summed E-state index contributed by atoms with van der Waals surface area (Å²) in [4.78, 5) is 27.4. The van der Waals surface area contributed by atoms with E-state index in [2.05, 4.69) is 30.8 Å². The summed E-state index contributed by atoms with van der Waals surface area (Å²) in [5.74, 6) is 0.421. The molecule has 0 N–H and O–H groups in total. The standard InChI is InChI=1S/C14H26N2O3/c1-5-19-14(18)7-6-12(17)9-16-8-11(2)13(10-16)15(3)4/h11,13H,5-10H2,1-4H3. The zero-order chi connectivity index (χ0) is 14.4. The van der Waals surface area contributed by atoms with Gasteiger partial charge in [0.15, 0.2) is 0 Å². The molecule has 1 heterocycles. The highest BCUT2D eigenvalue weighted by Crippen LogP contribution is 2.19. The lowest BCUT2D eigenvalue weighted by Gasteiger charge is -2.22. The molecule has 0 aromatic heterocycles. The number of esters is 1. The molecule has 5 nitrogen and oxygen atoms in total. The van der Waals surface area contributed by atoms with Crippen LogP contribution in [0.1, 0.15) is 26.7 Å². The highest BCUT2D eigenvalue weighted by Gasteiger charge is 2.31. The molecule has 0 aromatic rings. The molecule has 0 spiro atoms. The summed E-state index contributed by atoms with van der Waals surface area (Å²) in [5, 5.41) is 0. The Hall–Kier alpha value is -0.940. The fourth-order valence-electron chi connectivity index (χ4n) is 2.65. The van der Waals surface area contributed by atoms with Crippen LogP contribution in [-0.2, 0) is 14.3 Å². The maximum absolute atomic E-state index is 11.8. The quantitative estimate of drug-likeness (QED) is 0.640. The lowest BCUT2D eigenvalue weighted by Crippen LogP contribution is -2.35. The topological polar surface area (TPSA) is 49.9 Å². The van der Waals surface area contributed by atoms with Crippen LogP contribution in [0.2, 0.25) is 0 Å². The van der Waals surface area contributed by atoms with E-state index in [4.69, 9.17) is 4.74 Å². The molecule has 110 valence electrons. The van der Waals surface area contributed by atoms with Gasteiger partial charge in [0.1, 0.15) is 5.78 Å². The summed E-state index contributed by atoms with van der Waals surface area (Å²) in [6.45, 7) is 6.70. The van der Waals surface area contributed by atoms with E-state index in [1.54, 1.807) is 6.92 Å². The second-order valence-electron chi connectivity index (χ2n) is 5.55. The minimum absolute atomic E-state index is 0.125. The number of rotatable bonds is 7. The van der Waals surface area contributed by atoms with Gasteiger partial charge in [-0.2, -0.15) is 0 Å². The van der Waals surface area contributed by atoms with Gasteiger partial charge in [-0.05, 0) is 26.9 Å². The molecule has 1 saturated heterocycles. The van der Waals surface area contributed by atoms with Gasteiger partial charge in [-0.25, -0.2) is 0 Å². The predicted octanol–water partition coefficient (Wildman–Crippen LogP) is 0.781. The molecular formula is C14H26N2O3. The van der Waals surface area contributed by atoms with Crippen molar-refractivity contribution in [2.75, 3.05) is 40.3 Å². The van der Waals surface area contributed by atoms with E-state index in [1.165, 1.54) is 0 Å². The second-order valence-corrected chi connectivity index (χ2v) is 5.55. The van der Waals surface area contributed by atoms with Crippen molar-refractivity contribution in [3.63, 3.8) is 0 Å². The number of carbonyl (C=O) groups excluding carboxylic acids is 2. The van der Waals surface area contributed by atoms with E-state index in [0.717, 1.165) is 13.1 Å². The summed E-state index contributed by atoms with van der Waals surface area (Å²) < 4.78 is 4.82. The van der Waals surface area contributed by atoms with Crippen LogP contribution in [0.15, 0.2) is 0 Å². The Kier molecular flexibility index (Phi) is 6.45. The van der Waals surface area contributed by atoms with Gasteiger partial charge in [-0.15, -0.1) is 0 Å². The summed E-state index contributed by atoms with van der Waals surface area (Å²) in [6.07, 6.45) is 0.490. The number of nitrogens with zero attached hydrogens (tertiary/aromatic N) is 2. The van der Waals surface area contributed by atoms with Crippen molar-refractivity contribution in [3.05, 3.63) is 0 Å². The zero-order valence-corrected chi connectivity index (χ0v) is 12.5. The minimum Gasteiger partial charge on any atom is -0.466 e. The van der Waals surface area contributed by atoms with Crippen LogP contribution in [0, 0.1) is 5.92 Å². The molecule has 5 heteroatoms. The molecule has 0 radical (unpaired) electrons. The average Bonchev–Trinajstić information content (AvgIpc) is 2.68. The lowest BCUT2D eigenvalue weighted by molar-refractivity contribution is -0.144. The molecule has 0 amide bonds. The third-order valence-corrected chi connectivity index (χ3v) is 3.62. The van der Waals surface area contributed by atoms with Gasteiger partial charge >= 0.3 is 5.97 Å². The number of ketones is 1. The van der Waals surface area contributed by atoms with E-state index in [-0.39, 0.29) is 24.6 Å². The highest BCUT2D eigenvalue weighted by atomic mass is 16.5. The summed E-state index contributed by atoms with van der Waals surface area (Å²) in [7, 11) is 4.15. The Balaban J connectivity index is 2.28. The second kappa shape index (κ2) is 7.60. The molecule has 1 fully saturated rings. The molecule has 1 aliphatic heterocycles. The van der Waals surface area contributed by atoms with Crippen molar-refractivity contribution in [3.8, 4) is 0 Å². The first-order chi connectivity index (χ1) is 8.93. The monoisotopic (exact) mass is 270 g/mol. The smallest absolute Gasteiger partial charge is 0.306 e. The molecular weight excluding hydrogens is 244 g/mol. The zero-order valence-electron chi connectivity index (χ0n) is 12.5. The molecule has 2 atom stereocenters. The molecule has 1 rings (SSSR count). The minimum atomic E-state index is -0.281. The van der Waals surface area contributed by atoms with E-state index in [0.29, 0.717) is 25.1 Å². The van der Waals surface area contributed by atoms with Crippen LogP contribution >= 0.6 is 0 Å². The summed E-state index contributed by atoms with van der Waals surface area (Å²) in [6, 6.07) is 0.512. The number of carbonyl (C=O) groups is 2. The number of hydrogen-bond donors (Lipinski definition) is 0. The molecule has 1 aliphatic rings. The number of Topliss-reactive ketones (excluding diaryl/α,β-unsaturated/α-hetero) is 1.